The van der Waals surface area contributed by atoms with Crippen molar-refractivity contribution in [1.29, 1.82) is 0 Å². The molecule has 1 heterocycles. The number of pyridine rings is 1. The van der Waals surface area contributed by atoms with Crippen LogP contribution < -0.4 is 10.6 Å². The third-order valence-corrected chi connectivity index (χ3v) is 3.44. The van der Waals surface area contributed by atoms with E-state index in [0.717, 1.165) is 6.20 Å². The molecule has 0 fully saturated rings. The summed E-state index contributed by atoms with van der Waals surface area (Å²) in [6.45, 7) is 2.76. The Morgan fingerprint density at radius 2 is 2.24 bits per heavy atom. The van der Waals surface area contributed by atoms with Crippen molar-refractivity contribution < 1.29 is 13.9 Å². The van der Waals surface area contributed by atoms with Gasteiger partial charge in [0.1, 0.15) is 17.6 Å². The molecule has 0 saturated heterocycles. The van der Waals surface area contributed by atoms with E-state index < -0.39 is 21.6 Å². The van der Waals surface area contributed by atoms with Crippen molar-refractivity contribution in [1.82, 2.24) is 10.3 Å². The second-order valence-electron chi connectivity index (χ2n) is 4.26. The Hall–Kier alpha value is -2.03. The summed E-state index contributed by atoms with van der Waals surface area (Å²) in [5.74, 6) is 0.342. The highest BCUT2D eigenvalue weighted by atomic mass is 32.2. The van der Waals surface area contributed by atoms with Crippen LogP contribution in [0, 0.1) is 10.1 Å². The Bertz CT molecular complexity index is 550. The van der Waals surface area contributed by atoms with Crippen molar-refractivity contribution >= 4 is 28.2 Å². The lowest BCUT2D eigenvalue weighted by atomic mass is 10.2. The fourth-order valence-electron chi connectivity index (χ4n) is 1.63. The molecule has 0 aromatic carbocycles. The number of hydrogen-bond acceptors (Lipinski definition) is 6. The Morgan fingerprint density at radius 3 is 2.81 bits per heavy atom. The van der Waals surface area contributed by atoms with Crippen LogP contribution in [0.25, 0.3) is 0 Å². The van der Waals surface area contributed by atoms with Gasteiger partial charge in [0.2, 0.25) is 0 Å². The summed E-state index contributed by atoms with van der Waals surface area (Å²) in [7, 11) is -0.922. The van der Waals surface area contributed by atoms with Crippen molar-refractivity contribution in [3.63, 3.8) is 0 Å². The van der Waals surface area contributed by atoms with Crippen LogP contribution in [0.3, 0.4) is 0 Å². The first kappa shape index (κ1) is 17.0. The fraction of sp³-hybridized carbons (Fsp3) is 0.500. The summed E-state index contributed by atoms with van der Waals surface area (Å²) in [5, 5.41) is 16.4. The molecule has 1 aromatic heterocycles. The van der Waals surface area contributed by atoms with Crippen molar-refractivity contribution in [2.45, 2.75) is 13.3 Å². The molecule has 0 bridgehead atoms. The van der Waals surface area contributed by atoms with Crippen LogP contribution in [0.5, 0.6) is 0 Å². The van der Waals surface area contributed by atoms with Crippen LogP contribution in [0.2, 0.25) is 0 Å². The zero-order chi connectivity index (χ0) is 15.8. The molecule has 0 aliphatic carbocycles. The van der Waals surface area contributed by atoms with Gasteiger partial charge in [-0.1, -0.05) is 0 Å². The van der Waals surface area contributed by atoms with Crippen molar-refractivity contribution in [3.8, 4) is 0 Å². The standard InChI is InChI=1S/C12H18N4O4S/c1-3-13-11-7-9(10(8-15-11)16(18)19)12(17)14-5-4-6-21(2)20/h7-8H,3-6H2,1-2H3,(H,13,15)(H,14,17). The van der Waals surface area contributed by atoms with Crippen molar-refractivity contribution in [3.05, 3.63) is 27.9 Å². The molecule has 0 saturated carbocycles. The molecule has 2 N–H and O–H groups in total. The van der Waals surface area contributed by atoms with Gasteiger partial charge in [-0.3, -0.25) is 19.1 Å². The van der Waals surface area contributed by atoms with Crippen molar-refractivity contribution in [2.24, 2.45) is 0 Å². The molecule has 1 rings (SSSR count). The largest absolute Gasteiger partial charge is 0.370 e. The van der Waals surface area contributed by atoms with E-state index in [1.165, 1.54) is 6.07 Å². The number of amides is 1. The summed E-state index contributed by atoms with van der Waals surface area (Å²) in [6.07, 6.45) is 3.19. The summed E-state index contributed by atoms with van der Waals surface area (Å²) in [5.41, 5.74) is -0.378. The van der Waals surface area contributed by atoms with Gasteiger partial charge in [0.25, 0.3) is 11.6 Å². The van der Waals surface area contributed by atoms with E-state index in [0.29, 0.717) is 31.1 Å². The predicted molar refractivity (Wildman–Crippen MR) is 80.9 cm³/mol. The van der Waals surface area contributed by atoms with E-state index in [9.17, 15) is 19.1 Å². The molecular weight excluding hydrogens is 296 g/mol. The quantitative estimate of drug-likeness (QED) is 0.419. The number of carbonyl (C=O) groups excluding carboxylic acids is 1. The highest BCUT2D eigenvalue weighted by molar-refractivity contribution is 7.84. The highest BCUT2D eigenvalue weighted by Gasteiger charge is 2.21. The van der Waals surface area contributed by atoms with Crippen LogP contribution in [-0.4, -0.2) is 45.1 Å². The van der Waals surface area contributed by atoms with Crippen LogP contribution in [0.1, 0.15) is 23.7 Å². The molecule has 1 atom stereocenters. The van der Waals surface area contributed by atoms with E-state index >= 15 is 0 Å². The van der Waals surface area contributed by atoms with Gasteiger partial charge in [0, 0.05) is 42.0 Å². The van der Waals surface area contributed by atoms with Crippen molar-refractivity contribution in [2.75, 3.05) is 30.4 Å². The van der Waals surface area contributed by atoms with E-state index in [1.807, 2.05) is 6.92 Å². The highest BCUT2D eigenvalue weighted by Crippen LogP contribution is 2.20. The van der Waals surface area contributed by atoms with Crippen LogP contribution >= 0.6 is 0 Å². The number of nitro groups is 1. The monoisotopic (exact) mass is 314 g/mol. The van der Waals surface area contributed by atoms with E-state index in [4.69, 9.17) is 0 Å². The van der Waals surface area contributed by atoms with Crippen LogP contribution in [0.15, 0.2) is 12.3 Å². The molecule has 0 radical (unpaired) electrons. The van der Waals surface area contributed by atoms with Gasteiger partial charge >= 0.3 is 0 Å². The lowest BCUT2D eigenvalue weighted by molar-refractivity contribution is -0.385. The minimum Gasteiger partial charge on any atom is -0.370 e. The molecule has 0 aliphatic heterocycles. The minimum atomic E-state index is -0.922. The third kappa shape index (κ3) is 5.46. The van der Waals surface area contributed by atoms with Gasteiger partial charge < -0.3 is 10.6 Å². The maximum absolute atomic E-state index is 12.0. The number of aromatic nitrogens is 1. The first-order valence-corrected chi connectivity index (χ1v) is 8.15. The molecule has 0 aliphatic rings. The van der Waals surface area contributed by atoms with Crippen LogP contribution in [0.4, 0.5) is 11.5 Å². The average Bonchev–Trinajstić information content (AvgIpc) is 2.43. The normalized spacial score (nSPS) is 11.7. The SMILES string of the molecule is CCNc1cc(C(=O)NCCCS(C)=O)c([N+](=O)[O-])cn1. The third-order valence-electron chi connectivity index (χ3n) is 2.58. The Balaban J connectivity index is 2.82. The summed E-state index contributed by atoms with van der Waals surface area (Å²) in [4.78, 5) is 26.2. The number of anilines is 1. The maximum Gasteiger partial charge on any atom is 0.300 e. The first-order valence-electron chi connectivity index (χ1n) is 6.42. The van der Waals surface area contributed by atoms with Gasteiger partial charge in [-0.15, -0.1) is 0 Å². The Labute approximate surface area is 124 Å². The molecule has 1 unspecified atom stereocenters. The molecule has 1 amide bonds. The number of nitrogens with one attached hydrogen (secondary N) is 2. The lowest BCUT2D eigenvalue weighted by Crippen LogP contribution is -2.26. The van der Waals surface area contributed by atoms with Gasteiger partial charge in [0.05, 0.1) is 4.92 Å². The Kier molecular flexibility index (Phi) is 6.73. The number of nitrogens with zero attached hydrogens (tertiary/aromatic N) is 2. The van der Waals surface area contributed by atoms with E-state index in [-0.39, 0.29) is 11.3 Å². The van der Waals surface area contributed by atoms with Gasteiger partial charge in [-0.25, -0.2) is 4.98 Å². The number of carbonyl (C=O) groups is 1. The zero-order valence-electron chi connectivity index (χ0n) is 11.9. The molecule has 21 heavy (non-hydrogen) atoms. The van der Waals surface area contributed by atoms with Gasteiger partial charge in [-0.05, 0) is 13.3 Å². The van der Waals surface area contributed by atoms with Gasteiger partial charge in [-0.2, -0.15) is 0 Å². The molecule has 116 valence electrons. The molecule has 9 heteroatoms. The molecule has 0 spiro atoms. The molecule has 1 aromatic rings. The van der Waals surface area contributed by atoms with Crippen LogP contribution in [-0.2, 0) is 10.8 Å². The maximum atomic E-state index is 12.0. The summed E-state index contributed by atoms with van der Waals surface area (Å²) in [6, 6.07) is 1.36. The fourth-order valence-corrected chi connectivity index (χ4v) is 2.18. The first-order chi connectivity index (χ1) is 9.95. The van der Waals surface area contributed by atoms with E-state index in [2.05, 4.69) is 15.6 Å². The summed E-state index contributed by atoms with van der Waals surface area (Å²) < 4.78 is 10.9. The van der Waals surface area contributed by atoms with Gasteiger partial charge in [0.15, 0.2) is 0 Å². The number of hydrogen-bond donors (Lipinski definition) is 2. The van der Waals surface area contributed by atoms with E-state index in [1.54, 1.807) is 6.26 Å². The smallest absolute Gasteiger partial charge is 0.300 e. The summed E-state index contributed by atoms with van der Waals surface area (Å²) >= 11 is 0. The Morgan fingerprint density at radius 1 is 1.52 bits per heavy atom. The minimum absolute atomic E-state index is 0.0384. The molecule has 8 nitrogen and oxygen atoms in total. The second-order valence-corrected chi connectivity index (χ2v) is 5.82. The molecular formula is C12H18N4O4S. The lowest BCUT2D eigenvalue weighted by Gasteiger charge is -2.07. The second kappa shape index (κ2) is 8.30. The topological polar surface area (TPSA) is 114 Å². The number of rotatable bonds is 8. The predicted octanol–water partition coefficient (Wildman–Crippen LogP) is 0.920. The average molecular weight is 314 g/mol. The zero-order valence-corrected chi connectivity index (χ0v) is 12.7.